The number of esters is 1. The summed E-state index contributed by atoms with van der Waals surface area (Å²) in [5, 5.41) is 7.33. The van der Waals surface area contributed by atoms with Crippen molar-refractivity contribution in [3.8, 4) is 0 Å². The second kappa shape index (κ2) is 6.79. The number of aryl methyl sites for hydroxylation is 1. The molecule has 4 rings (SSSR count). The number of ether oxygens (including phenoxy) is 1. The Kier molecular flexibility index (Phi) is 4.31. The predicted octanol–water partition coefficient (Wildman–Crippen LogP) is 2.17. The van der Waals surface area contributed by atoms with E-state index in [0.29, 0.717) is 12.4 Å². The van der Waals surface area contributed by atoms with Crippen LogP contribution in [0.25, 0.3) is 11.0 Å². The summed E-state index contributed by atoms with van der Waals surface area (Å²) in [4.78, 5) is 33.1. The van der Waals surface area contributed by atoms with Crippen molar-refractivity contribution >= 4 is 28.7 Å². The van der Waals surface area contributed by atoms with E-state index in [1.165, 1.54) is 4.68 Å². The minimum Gasteiger partial charge on any atom is -0.465 e. The Hall–Kier alpha value is -3.29. The molecule has 0 saturated carbocycles. The summed E-state index contributed by atoms with van der Waals surface area (Å²) in [6.45, 7) is 3.88. The molecule has 1 aliphatic rings. The number of hydrogen-bond donors (Lipinski definition) is 1. The van der Waals surface area contributed by atoms with Crippen molar-refractivity contribution in [2.75, 3.05) is 11.9 Å². The van der Waals surface area contributed by atoms with Crippen LogP contribution in [0.3, 0.4) is 0 Å². The molecular weight excluding hydrogens is 346 g/mol. The molecule has 3 heterocycles. The predicted molar refractivity (Wildman–Crippen MR) is 98.2 cm³/mol. The van der Waals surface area contributed by atoms with Crippen molar-refractivity contribution in [2.24, 2.45) is 0 Å². The third-order valence-corrected chi connectivity index (χ3v) is 4.66. The van der Waals surface area contributed by atoms with Crippen molar-refractivity contribution < 1.29 is 14.3 Å². The molecule has 138 valence electrons. The van der Waals surface area contributed by atoms with Crippen LogP contribution in [0.2, 0.25) is 0 Å². The number of nitrogens with zero attached hydrogens (tertiary/aromatic N) is 4. The number of anilines is 1. The third kappa shape index (κ3) is 3.03. The second-order valence-electron chi connectivity index (χ2n) is 6.39. The van der Waals surface area contributed by atoms with Gasteiger partial charge in [-0.05, 0) is 25.5 Å². The van der Waals surface area contributed by atoms with Gasteiger partial charge in [-0.1, -0.05) is 12.1 Å². The van der Waals surface area contributed by atoms with Gasteiger partial charge >= 0.3 is 5.97 Å². The average molecular weight is 365 g/mol. The molecule has 8 heteroatoms. The zero-order valence-corrected chi connectivity index (χ0v) is 15.1. The van der Waals surface area contributed by atoms with E-state index in [2.05, 4.69) is 20.4 Å². The fraction of sp³-hybridized carbons (Fsp3) is 0.316. The molecule has 0 spiro atoms. The van der Waals surface area contributed by atoms with Crippen LogP contribution in [0.15, 0.2) is 30.6 Å². The molecule has 1 amide bonds. The maximum absolute atomic E-state index is 12.4. The Balaban J connectivity index is 1.83. The summed E-state index contributed by atoms with van der Waals surface area (Å²) >= 11 is 0. The Bertz CT molecular complexity index is 1040. The normalized spacial score (nSPS) is 16.1. The molecule has 0 aliphatic carbocycles. The molecular formula is C19H19N5O3. The van der Waals surface area contributed by atoms with Gasteiger partial charge in [-0.15, -0.1) is 0 Å². The molecule has 0 saturated heterocycles. The first kappa shape index (κ1) is 17.1. The average Bonchev–Trinajstić information content (AvgIpc) is 2.96. The SMILES string of the molecule is CCOC(=O)Cn1nc(C)c2c1NC(=O)CC2c1cccc2nccnc12. The lowest BCUT2D eigenvalue weighted by atomic mass is 9.85. The molecule has 0 radical (unpaired) electrons. The van der Waals surface area contributed by atoms with Crippen molar-refractivity contribution in [3.05, 3.63) is 47.4 Å². The molecule has 2 aromatic heterocycles. The third-order valence-electron chi connectivity index (χ3n) is 4.66. The molecule has 1 aromatic carbocycles. The molecule has 1 unspecified atom stereocenters. The number of carbonyl (C=O) groups is 2. The van der Waals surface area contributed by atoms with Crippen LogP contribution in [0.4, 0.5) is 5.82 Å². The molecule has 8 nitrogen and oxygen atoms in total. The standard InChI is InChI=1S/C19H19N5O3/c1-3-27-16(26)10-24-19-17(11(2)23-24)13(9-15(25)22-19)12-5-4-6-14-18(12)21-8-7-20-14/h4-8,13H,3,9-10H2,1-2H3,(H,22,25). The van der Waals surface area contributed by atoms with E-state index in [1.807, 2.05) is 25.1 Å². The lowest BCUT2D eigenvalue weighted by Gasteiger charge is -2.24. The van der Waals surface area contributed by atoms with Gasteiger partial charge in [-0.3, -0.25) is 19.6 Å². The maximum Gasteiger partial charge on any atom is 0.327 e. The quantitative estimate of drug-likeness (QED) is 0.712. The number of amides is 1. The zero-order chi connectivity index (χ0) is 19.0. The second-order valence-corrected chi connectivity index (χ2v) is 6.39. The molecule has 3 aromatic rings. The van der Waals surface area contributed by atoms with Gasteiger partial charge in [0.2, 0.25) is 5.91 Å². The monoisotopic (exact) mass is 365 g/mol. The van der Waals surface area contributed by atoms with Gasteiger partial charge in [-0.25, -0.2) is 4.68 Å². The molecule has 1 aliphatic heterocycles. The molecule has 0 fully saturated rings. The number of hydrogen-bond acceptors (Lipinski definition) is 6. The van der Waals surface area contributed by atoms with E-state index in [9.17, 15) is 9.59 Å². The summed E-state index contributed by atoms with van der Waals surface area (Å²) in [7, 11) is 0. The lowest BCUT2D eigenvalue weighted by Crippen LogP contribution is -2.26. The summed E-state index contributed by atoms with van der Waals surface area (Å²) in [6, 6.07) is 5.77. The molecule has 27 heavy (non-hydrogen) atoms. The fourth-order valence-electron chi connectivity index (χ4n) is 3.62. The van der Waals surface area contributed by atoms with Crippen molar-refractivity contribution in [1.29, 1.82) is 0 Å². The van der Waals surface area contributed by atoms with Gasteiger partial charge < -0.3 is 10.1 Å². The highest BCUT2D eigenvalue weighted by Crippen LogP contribution is 2.40. The van der Waals surface area contributed by atoms with E-state index >= 15 is 0 Å². The van der Waals surface area contributed by atoms with Crippen LogP contribution in [-0.4, -0.2) is 38.2 Å². The summed E-state index contributed by atoms with van der Waals surface area (Å²) in [5.74, 6) is -0.179. The summed E-state index contributed by atoms with van der Waals surface area (Å²) in [5.41, 5.74) is 4.13. The van der Waals surface area contributed by atoms with E-state index in [0.717, 1.165) is 27.9 Å². The molecule has 0 bridgehead atoms. The molecule has 1 atom stereocenters. The van der Waals surface area contributed by atoms with Crippen molar-refractivity contribution in [1.82, 2.24) is 19.7 Å². The van der Waals surface area contributed by atoms with Gasteiger partial charge in [0.1, 0.15) is 12.4 Å². The highest BCUT2D eigenvalue weighted by atomic mass is 16.5. The van der Waals surface area contributed by atoms with Gasteiger partial charge in [0.15, 0.2) is 0 Å². The fourth-order valence-corrected chi connectivity index (χ4v) is 3.62. The number of aromatic nitrogens is 4. The van der Waals surface area contributed by atoms with Crippen LogP contribution in [0.5, 0.6) is 0 Å². The number of benzene rings is 1. The number of para-hydroxylation sites is 1. The Labute approximate surface area is 155 Å². The van der Waals surface area contributed by atoms with Gasteiger partial charge in [0.25, 0.3) is 0 Å². The van der Waals surface area contributed by atoms with Crippen molar-refractivity contribution in [3.63, 3.8) is 0 Å². The van der Waals surface area contributed by atoms with Crippen molar-refractivity contribution in [2.45, 2.75) is 32.7 Å². The minimum atomic E-state index is -0.393. The Morgan fingerprint density at radius 3 is 2.96 bits per heavy atom. The number of nitrogens with one attached hydrogen (secondary N) is 1. The van der Waals surface area contributed by atoms with E-state index in [1.54, 1.807) is 19.3 Å². The van der Waals surface area contributed by atoms with Gasteiger partial charge in [0, 0.05) is 30.3 Å². The van der Waals surface area contributed by atoms with Gasteiger partial charge in [0.05, 0.1) is 23.3 Å². The maximum atomic E-state index is 12.4. The Morgan fingerprint density at radius 2 is 2.15 bits per heavy atom. The highest BCUT2D eigenvalue weighted by Gasteiger charge is 2.33. The first-order chi connectivity index (χ1) is 13.1. The van der Waals surface area contributed by atoms with Crippen LogP contribution in [-0.2, 0) is 20.9 Å². The number of fused-ring (bicyclic) bond motifs is 2. The lowest BCUT2D eigenvalue weighted by molar-refractivity contribution is -0.144. The summed E-state index contributed by atoms with van der Waals surface area (Å²) < 4.78 is 6.51. The number of carbonyl (C=O) groups excluding carboxylic acids is 2. The Morgan fingerprint density at radius 1 is 1.33 bits per heavy atom. The topological polar surface area (TPSA) is 99.0 Å². The van der Waals surface area contributed by atoms with E-state index in [-0.39, 0.29) is 24.8 Å². The highest BCUT2D eigenvalue weighted by molar-refractivity contribution is 5.96. The number of rotatable bonds is 4. The largest absolute Gasteiger partial charge is 0.465 e. The zero-order valence-electron chi connectivity index (χ0n) is 15.1. The molecule has 1 N–H and O–H groups in total. The van der Waals surface area contributed by atoms with E-state index < -0.39 is 5.97 Å². The van der Waals surface area contributed by atoms with Crippen LogP contribution in [0, 0.1) is 6.92 Å². The summed E-state index contributed by atoms with van der Waals surface area (Å²) in [6.07, 6.45) is 3.58. The van der Waals surface area contributed by atoms with E-state index in [4.69, 9.17) is 4.74 Å². The minimum absolute atomic E-state index is 0.0492. The van der Waals surface area contributed by atoms with Gasteiger partial charge in [-0.2, -0.15) is 5.10 Å². The first-order valence-electron chi connectivity index (χ1n) is 8.81. The van der Waals surface area contributed by atoms with Crippen LogP contribution < -0.4 is 5.32 Å². The van der Waals surface area contributed by atoms with Crippen LogP contribution >= 0.6 is 0 Å². The smallest absolute Gasteiger partial charge is 0.327 e. The first-order valence-corrected chi connectivity index (χ1v) is 8.81. The van der Waals surface area contributed by atoms with Crippen LogP contribution in [0.1, 0.15) is 36.1 Å².